The molecule has 2 aromatic rings. The third-order valence-electron chi connectivity index (χ3n) is 4.00. The van der Waals surface area contributed by atoms with Crippen LogP contribution in [0.25, 0.3) is 0 Å². The molecule has 1 saturated heterocycles. The summed E-state index contributed by atoms with van der Waals surface area (Å²) in [6.45, 7) is 11.0. The third kappa shape index (κ3) is 4.78. The highest BCUT2D eigenvalue weighted by Gasteiger charge is 2.19. The van der Waals surface area contributed by atoms with Gasteiger partial charge in [0.15, 0.2) is 5.96 Å². The minimum Gasteiger partial charge on any atom is -0.357 e. The van der Waals surface area contributed by atoms with Crippen LogP contribution in [0.5, 0.6) is 0 Å². The Morgan fingerprint density at radius 3 is 2.79 bits per heavy atom. The standard InChI is InChI=1S/C17H25N5S2/c1-3-18-17(20-12-16-19-11-14(2)24-16)22-8-6-21(7-9-22)13-15-5-4-10-23-15/h4-5,10-11H,3,6-9,12-13H2,1-2H3,(H,18,20). The lowest BCUT2D eigenvalue weighted by atomic mass is 10.3. The molecule has 1 aliphatic heterocycles. The fourth-order valence-electron chi connectivity index (χ4n) is 2.78. The highest BCUT2D eigenvalue weighted by atomic mass is 32.1. The second-order valence-electron chi connectivity index (χ2n) is 5.88. The Morgan fingerprint density at radius 2 is 2.17 bits per heavy atom. The van der Waals surface area contributed by atoms with Gasteiger partial charge >= 0.3 is 0 Å². The highest BCUT2D eigenvalue weighted by molar-refractivity contribution is 7.11. The minimum atomic E-state index is 0.663. The largest absolute Gasteiger partial charge is 0.357 e. The molecule has 1 aliphatic rings. The zero-order valence-electron chi connectivity index (χ0n) is 14.4. The Bertz CT molecular complexity index is 642. The van der Waals surface area contributed by atoms with Crippen molar-refractivity contribution < 1.29 is 0 Å². The first-order valence-corrected chi connectivity index (χ1v) is 10.1. The van der Waals surface area contributed by atoms with Gasteiger partial charge in [0.2, 0.25) is 0 Å². The van der Waals surface area contributed by atoms with Crippen LogP contribution in [-0.2, 0) is 13.1 Å². The van der Waals surface area contributed by atoms with Gasteiger partial charge in [-0.15, -0.1) is 22.7 Å². The molecule has 0 unspecified atom stereocenters. The van der Waals surface area contributed by atoms with Crippen LogP contribution in [0.2, 0.25) is 0 Å². The molecular formula is C17H25N5S2. The number of thiazole rings is 1. The first-order chi connectivity index (χ1) is 11.7. The van der Waals surface area contributed by atoms with Crippen LogP contribution < -0.4 is 5.32 Å². The predicted octanol–water partition coefficient (Wildman–Crippen LogP) is 2.80. The molecule has 0 bridgehead atoms. The summed E-state index contributed by atoms with van der Waals surface area (Å²) in [6.07, 6.45) is 1.92. The summed E-state index contributed by atoms with van der Waals surface area (Å²) in [5, 5.41) is 6.66. The van der Waals surface area contributed by atoms with Crippen LogP contribution in [0.15, 0.2) is 28.7 Å². The normalized spacial score (nSPS) is 16.6. The molecule has 0 amide bonds. The highest BCUT2D eigenvalue weighted by Crippen LogP contribution is 2.15. The van der Waals surface area contributed by atoms with Gasteiger partial charge in [0.25, 0.3) is 0 Å². The van der Waals surface area contributed by atoms with E-state index in [1.807, 2.05) is 17.5 Å². The zero-order valence-corrected chi connectivity index (χ0v) is 16.0. The molecule has 3 rings (SSSR count). The van der Waals surface area contributed by atoms with Gasteiger partial charge in [-0.2, -0.15) is 0 Å². The van der Waals surface area contributed by atoms with Gasteiger partial charge in [0.05, 0.1) is 6.54 Å². The summed E-state index contributed by atoms with van der Waals surface area (Å²) in [6, 6.07) is 4.35. The van der Waals surface area contributed by atoms with Crippen LogP contribution in [0, 0.1) is 6.92 Å². The predicted molar refractivity (Wildman–Crippen MR) is 103 cm³/mol. The van der Waals surface area contributed by atoms with E-state index in [-0.39, 0.29) is 0 Å². The van der Waals surface area contributed by atoms with E-state index in [2.05, 4.69) is 51.5 Å². The van der Waals surface area contributed by atoms with Crippen LogP contribution in [0.1, 0.15) is 21.7 Å². The molecule has 130 valence electrons. The third-order valence-corrected chi connectivity index (χ3v) is 5.76. The fraction of sp³-hybridized carbons (Fsp3) is 0.529. The number of nitrogens with zero attached hydrogens (tertiary/aromatic N) is 4. The van der Waals surface area contributed by atoms with E-state index in [4.69, 9.17) is 4.99 Å². The van der Waals surface area contributed by atoms with E-state index in [1.54, 1.807) is 11.3 Å². The van der Waals surface area contributed by atoms with Crippen LogP contribution in [-0.4, -0.2) is 53.5 Å². The Kier molecular flexibility index (Phi) is 6.23. The number of aliphatic imine (C=N–C) groups is 1. The second kappa shape index (κ2) is 8.60. The van der Waals surface area contributed by atoms with Crippen LogP contribution in [0.3, 0.4) is 0 Å². The van der Waals surface area contributed by atoms with Crippen molar-refractivity contribution in [2.24, 2.45) is 4.99 Å². The molecule has 2 aromatic heterocycles. The molecule has 24 heavy (non-hydrogen) atoms. The number of aryl methyl sites for hydroxylation is 1. The Morgan fingerprint density at radius 1 is 1.33 bits per heavy atom. The van der Waals surface area contributed by atoms with Gasteiger partial charge in [-0.05, 0) is 25.3 Å². The molecular weight excluding hydrogens is 338 g/mol. The number of nitrogens with one attached hydrogen (secondary N) is 1. The van der Waals surface area contributed by atoms with Crippen LogP contribution in [0.4, 0.5) is 0 Å². The van der Waals surface area contributed by atoms with Gasteiger partial charge in [-0.1, -0.05) is 6.07 Å². The summed E-state index contributed by atoms with van der Waals surface area (Å²) in [4.78, 5) is 16.8. The Labute approximate surface area is 152 Å². The number of piperazine rings is 1. The van der Waals surface area contributed by atoms with E-state index in [9.17, 15) is 0 Å². The molecule has 0 aliphatic carbocycles. The number of guanidine groups is 1. The molecule has 0 atom stereocenters. The molecule has 0 spiro atoms. The lowest BCUT2D eigenvalue weighted by Gasteiger charge is -2.36. The van der Waals surface area contributed by atoms with E-state index in [1.165, 1.54) is 9.75 Å². The van der Waals surface area contributed by atoms with Gasteiger partial charge in [-0.3, -0.25) is 4.90 Å². The average molecular weight is 364 g/mol. The maximum Gasteiger partial charge on any atom is 0.194 e. The van der Waals surface area contributed by atoms with Crippen molar-refractivity contribution >= 4 is 28.6 Å². The van der Waals surface area contributed by atoms with Crippen molar-refractivity contribution in [1.29, 1.82) is 0 Å². The van der Waals surface area contributed by atoms with Crippen molar-refractivity contribution in [1.82, 2.24) is 20.1 Å². The lowest BCUT2D eigenvalue weighted by molar-refractivity contribution is 0.173. The number of hydrogen-bond acceptors (Lipinski definition) is 5. The van der Waals surface area contributed by atoms with Crippen LogP contribution >= 0.6 is 22.7 Å². The van der Waals surface area contributed by atoms with Gasteiger partial charge in [0, 0.05) is 55.2 Å². The number of hydrogen-bond donors (Lipinski definition) is 1. The van der Waals surface area contributed by atoms with Crippen molar-refractivity contribution in [3.8, 4) is 0 Å². The Balaban J connectivity index is 1.54. The topological polar surface area (TPSA) is 43.8 Å². The zero-order chi connectivity index (χ0) is 16.8. The maximum absolute atomic E-state index is 4.78. The smallest absolute Gasteiger partial charge is 0.194 e. The average Bonchev–Trinajstić information content (AvgIpc) is 3.24. The number of aromatic nitrogens is 1. The minimum absolute atomic E-state index is 0.663. The van der Waals surface area contributed by atoms with Gasteiger partial charge < -0.3 is 10.2 Å². The molecule has 0 aromatic carbocycles. The van der Waals surface area contributed by atoms with Gasteiger partial charge in [-0.25, -0.2) is 9.98 Å². The van der Waals surface area contributed by atoms with Gasteiger partial charge in [0.1, 0.15) is 5.01 Å². The molecule has 7 heteroatoms. The van der Waals surface area contributed by atoms with Crippen molar-refractivity contribution in [3.05, 3.63) is 38.5 Å². The Hall–Kier alpha value is -1.44. The molecule has 1 fully saturated rings. The summed E-state index contributed by atoms with van der Waals surface area (Å²) < 4.78 is 0. The first-order valence-electron chi connectivity index (χ1n) is 8.44. The molecule has 0 saturated carbocycles. The fourth-order valence-corrected chi connectivity index (χ4v) is 4.24. The lowest BCUT2D eigenvalue weighted by Crippen LogP contribution is -2.52. The maximum atomic E-state index is 4.78. The van der Waals surface area contributed by atoms with Crippen molar-refractivity contribution in [2.45, 2.75) is 26.9 Å². The van der Waals surface area contributed by atoms with E-state index < -0.39 is 0 Å². The summed E-state index contributed by atoms with van der Waals surface area (Å²) in [5.74, 6) is 1.01. The molecule has 1 N–H and O–H groups in total. The van der Waals surface area contributed by atoms with Crippen molar-refractivity contribution in [3.63, 3.8) is 0 Å². The molecule has 5 nitrogen and oxygen atoms in total. The molecule has 0 radical (unpaired) electrons. The first kappa shape index (κ1) is 17.4. The van der Waals surface area contributed by atoms with E-state index >= 15 is 0 Å². The monoisotopic (exact) mass is 363 g/mol. The number of thiophene rings is 1. The number of rotatable bonds is 5. The summed E-state index contributed by atoms with van der Waals surface area (Å²) >= 11 is 3.57. The van der Waals surface area contributed by atoms with Crippen molar-refractivity contribution in [2.75, 3.05) is 32.7 Å². The summed E-state index contributed by atoms with van der Waals surface area (Å²) in [5.41, 5.74) is 0. The quantitative estimate of drug-likeness (QED) is 0.655. The molecule has 3 heterocycles. The second-order valence-corrected chi connectivity index (χ2v) is 8.23. The SMILES string of the molecule is CCNC(=NCc1ncc(C)s1)N1CCN(Cc2cccs2)CC1. The van der Waals surface area contributed by atoms with E-state index in [0.717, 1.165) is 50.2 Å². The summed E-state index contributed by atoms with van der Waals surface area (Å²) in [7, 11) is 0. The van der Waals surface area contributed by atoms with E-state index in [0.29, 0.717) is 6.54 Å².